The first-order valence-corrected chi connectivity index (χ1v) is 8.54. The van der Waals surface area contributed by atoms with Crippen LogP contribution >= 0.6 is 69.6 Å². The summed E-state index contributed by atoms with van der Waals surface area (Å²) in [7, 11) is 1.53. The molecular formula is C14H9Cl6N3O. The fourth-order valence-electron chi connectivity index (χ4n) is 1.78. The third-order valence-electron chi connectivity index (χ3n) is 2.86. The minimum Gasteiger partial charge on any atom is -0.497 e. The van der Waals surface area contributed by atoms with E-state index in [4.69, 9.17) is 74.3 Å². The highest BCUT2D eigenvalue weighted by Crippen LogP contribution is 2.41. The predicted octanol–water partition coefficient (Wildman–Crippen LogP) is 5.84. The molecule has 0 saturated carbocycles. The first kappa shape index (κ1) is 19.8. The van der Waals surface area contributed by atoms with Gasteiger partial charge in [-0.3, -0.25) is 0 Å². The number of rotatable bonds is 3. The van der Waals surface area contributed by atoms with Gasteiger partial charge in [0, 0.05) is 5.56 Å². The first-order valence-electron chi connectivity index (χ1n) is 6.27. The van der Waals surface area contributed by atoms with Gasteiger partial charge in [-0.15, -0.1) is 0 Å². The van der Waals surface area contributed by atoms with Gasteiger partial charge in [0.1, 0.15) is 5.75 Å². The van der Waals surface area contributed by atoms with Gasteiger partial charge >= 0.3 is 0 Å². The summed E-state index contributed by atoms with van der Waals surface area (Å²) >= 11 is 35.3. The van der Waals surface area contributed by atoms with E-state index in [0.29, 0.717) is 16.9 Å². The zero-order chi connectivity index (χ0) is 18.1. The van der Waals surface area contributed by atoms with Crippen LogP contribution in [0.15, 0.2) is 24.8 Å². The molecule has 0 N–H and O–H groups in total. The largest absolute Gasteiger partial charge is 0.497 e. The summed E-state index contributed by atoms with van der Waals surface area (Å²) in [6.07, 6.45) is 1.61. The number of halogens is 6. The summed E-state index contributed by atoms with van der Waals surface area (Å²) in [4.78, 5) is 12.3. The van der Waals surface area contributed by atoms with Gasteiger partial charge in [0.05, 0.1) is 7.11 Å². The van der Waals surface area contributed by atoms with Crippen LogP contribution in [-0.2, 0) is 7.59 Å². The molecule has 10 heteroatoms. The Morgan fingerprint density at radius 1 is 0.958 bits per heavy atom. The Labute approximate surface area is 168 Å². The third kappa shape index (κ3) is 4.57. The molecule has 1 aromatic carbocycles. The average molecular weight is 448 g/mol. The number of hydrogen-bond acceptors (Lipinski definition) is 4. The fraction of sp³-hybridized carbons (Fsp3) is 0.214. The molecule has 0 bridgehead atoms. The van der Waals surface area contributed by atoms with Gasteiger partial charge in [0.2, 0.25) is 7.59 Å². The standard InChI is InChI=1S/C14H9Cl6N3O/c1-3-7-4-5-8(24-2)6-9(7)10-21-11(13(15,16)17)23-12(22-10)14(18,19)20/h3-6H,1H2,2H3. The molecule has 0 fully saturated rings. The molecule has 2 rings (SSSR count). The molecule has 0 aliphatic heterocycles. The van der Waals surface area contributed by atoms with Crippen LogP contribution in [0.2, 0.25) is 0 Å². The molecule has 0 spiro atoms. The van der Waals surface area contributed by atoms with Crippen molar-refractivity contribution in [3.05, 3.63) is 42.0 Å². The fourth-order valence-corrected chi connectivity index (χ4v) is 2.29. The molecule has 0 aliphatic rings. The summed E-state index contributed by atoms with van der Waals surface area (Å²) in [5.74, 6) is 0.386. The Balaban J connectivity index is 2.77. The Kier molecular flexibility index (Phi) is 6.12. The van der Waals surface area contributed by atoms with E-state index >= 15 is 0 Å². The molecule has 1 aromatic heterocycles. The zero-order valence-corrected chi connectivity index (χ0v) is 16.6. The van der Waals surface area contributed by atoms with Crippen LogP contribution < -0.4 is 4.74 Å². The van der Waals surface area contributed by atoms with Gasteiger partial charge in [-0.1, -0.05) is 88.3 Å². The predicted molar refractivity (Wildman–Crippen MR) is 100 cm³/mol. The van der Waals surface area contributed by atoms with Crippen molar-refractivity contribution in [1.82, 2.24) is 15.0 Å². The summed E-state index contributed by atoms with van der Waals surface area (Å²) in [6, 6.07) is 5.22. The number of aromatic nitrogens is 3. The molecule has 0 atom stereocenters. The van der Waals surface area contributed by atoms with Crippen molar-refractivity contribution in [3.8, 4) is 17.1 Å². The van der Waals surface area contributed by atoms with Crippen molar-refractivity contribution < 1.29 is 4.74 Å². The van der Waals surface area contributed by atoms with Crippen molar-refractivity contribution in [2.45, 2.75) is 7.59 Å². The lowest BCUT2D eigenvalue weighted by molar-refractivity contribution is 0.415. The molecule has 0 aliphatic carbocycles. The minimum atomic E-state index is -1.92. The van der Waals surface area contributed by atoms with Crippen LogP contribution in [0, 0.1) is 0 Å². The lowest BCUT2D eigenvalue weighted by atomic mass is 10.1. The molecule has 0 saturated heterocycles. The number of hydrogen-bond donors (Lipinski definition) is 0. The van der Waals surface area contributed by atoms with E-state index in [1.54, 1.807) is 24.3 Å². The topological polar surface area (TPSA) is 47.9 Å². The normalized spacial score (nSPS) is 12.1. The number of alkyl halides is 6. The van der Waals surface area contributed by atoms with Crippen molar-refractivity contribution >= 4 is 75.7 Å². The van der Waals surface area contributed by atoms with Gasteiger partial charge in [0.25, 0.3) is 0 Å². The summed E-state index contributed by atoms with van der Waals surface area (Å²) in [5.41, 5.74) is 1.27. The highest BCUT2D eigenvalue weighted by molar-refractivity contribution is 6.67. The summed E-state index contributed by atoms with van der Waals surface area (Å²) < 4.78 is 1.37. The average Bonchev–Trinajstić information content (AvgIpc) is 2.52. The van der Waals surface area contributed by atoms with Crippen molar-refractivity contribution in [2.24, 2.45) is 0 Å². The lowest BCUT2D eigenvalue weighted by Crippen LogP contribution is -2.17. The highest BCUT2D eigenvalue weighted by Gasteiger charge is 2.34. The van der Waals surface area contributed by atoms with E-state index in [1.165, 1.54) is 7.11 Å². The van der Waals surface area contributed by atoms with Crippen LogP contribution in [0.1, 0.15) is 17.2 Å². The van der Waals surface area contributed by atoms with Crippen LogP contribution in [0.25, 0.3) is 17.5 Å². The molecule has 0 unspecified atom stereocenters. The molecule has 0 amide bonds. The van der Waals surface area contributed by atoms with Gasteiger partial charge < -0.3 is 4.74 Å². The van der Waals surface area contributed by atoms with E-state index in [-0.39, 0.29) is 17.5 Å². The van der Waals surface area contributed by atoms with E-state index in [2.05, 4.69) is 21.5 Å². The molecule has 24 heavy (non-hydrogen) atoms. The van der Waals surface area contributed by atoms with Crippen LogP contribution in [0.3, 0.4) is 0 Å². The maximum atomic E-state index is 5.88. The SMILES string of the molecule is C=Cc1ccc(OC)cc1-c1nc(C(Cl)(Cl)Cl)nc(C(Cl)(Cl)Cl)n1. The van der Waals surface area contributed by atoms with Crippen LogP contribution in [-0.4, -0.2) is 22.1 Å². The Morgan fingerprint density at radius 2 is 1.50 bits per heavy atom. The summed E-state index contributed by atoms with van der Waals surface area (Å²) in [5, 5.41) is 0. The van der Waals surface area contributed by atoms with Crippen LogP contribution in [0.5, 0.6) is 5.75 Å². The quantitative estimate of drug-likeness (QED) is 0.554. The number of methoxy groups -OCH3 is 1. The lowest BCUT2D eigenvalue weighted by Gasteiger charge is -2.16. The smallest absolute Gasteiger partial charge is 0.250 e. The van der Waals surface area contributed by atoms with Gasteiger partial charge in [0.15, 0.2) is 17.5 Å². The maximum Gasteiger partial charge on any atom is 0.250 e. The molecule has 128 valence electrons. The van der Waals surface area contributed by atoms with Crippen LogP contribution in [0.4, 0.5) is 0 Å². The van der Waals surface area contributed by atoms with Gasteiger partial charge in [-0.05, 0) is 17.7 Å². The number of nitrogens with zero attached hydrogens (tertiary/aromatic N) is 3. The van der Waals surface area contributed by atoms with Gasteiger partial charge in [-0.25, -0.2) is 15.0 Å². The second kappa shape index (κ2) is 7.40. The summed E-state index contributed by atoms with van der Waals surface area (Å²) in [6.45, 7) is 3.75. The first-order chi connectivity index (χ1) is 11.1. The molecule has 1 heterocycles. The minimum absolute atomic E-state index is 0.154. The van der Waals surface area contributed by atoms with E-state index < -0.39 is 7.59 Å². The van der Waals surface area contributed by atoms with E-state index in [9.17, 15) is 0 Å². The molecule has 4 nitrogen and oxygen atoms in total. The molecular weight excluding hydrogens is 439 g/mol. The number of ether oxygens (including phenoxy) is 1. The second-order valence-electron chi connectivity index (χ2n) is 4.46. The second-order valence-corrected chi connectivity index (χ2v) is 9.02. The monoisotopic (exact) mass is 445 g/mol. The van der Waals surface area contributed by atoms with Gasteiger partial charge in [-0.2, -0.15) is 0 Å². The van der Waals surface area contributed by atoms with Crippen molar-refractivity contribution in [3.63, 3.8) is 0 Å². The molecule has 2 aromatic rings. The molecule has 0 radical (unpaired) electrons. The Morgan fingerprint density at radius 3 is 1.92 bits per heavy atom. The van der Waals surface area contributed by atoms with E-state index in [0.717, 1.165) is 0 Å². The van der Waals surface area contributed by atoms with E-state index in [1.807, 2.05) is 0 Å². The Bertz CT molecular complexity index is 738. The van der Waals surface area contributed by atoms with Crippen molar-refractivity contribution in [2.75, 3.05) is 7.11 Å². The Hall–Kier alpha value is -0.490. The highest BCUT2D eigenvalue weighted by atomic mass is 35.6. The zero-order valence-electron chi connectivity index (χ0n) is 12.0. The third-order valence-corrected chi connectivity index (χ3v) is 3.88. The maximum absolute atomic E-state index is 5.88. The van der Waals surface area contributed by atoms with Crippen molar-refractivity contribution in [1.29, 1.82) is 0 Å². The number of benzene rings is 1.